The van der Waals surface area contributed by atoms with Gasteiger partial charge >= 0.3 is 0 Å². The average Bonchev–Trinajstić information content (AvgIpc) is 2.48. The van der Waals surface area contributed by atoms with Crippen LogP contribution in [0.2, 0.25) is 0 Å². The number of anilines is 3. The maximum atomic E-state index is 11.5. The minimum atomic E-state index is -4.27. The number of nitrogens with two attached hydrogens (primary N) is 1. The number of hydrogen-bond donors (Lipinski definition) is 3. The SMILES string of the molecule is Nc1ccc(Nc2ccc(S(=O)(=O)O)c3ccccc23)cc1. The van der Waals surface area contributed by atoms with E-state index in [2.05, 4.69) is 5.32 Å². The average molecular weight is 314 g/mol. The highest BCUT2D eigenvalue weighted by atomic mass is 32.2. The van der Waals surface area contributed by atoms with Gasteiger partial charge in [0.1, 0.15) is 4.90 Å². The molecule has 0 aliphatic heterocycles. The lowest BCUT2D eigenvalue weighted by Gasteiger charge is -2.12. The number of fused-ring (bicyclic) bond motifs is 1. The van der Waals surface area contributed by atoms with Crippen molar-refractivity contribution in [1.29, 1.82) is 0 Å². The van der Waals surface area contributed by atoms with Crippen molar-refractivity contribution in [3.8, 4) is 0 Å². The van der Waals surface area contributed by atoms with Crippen LogP contribution in [-0.4, -0.2) is 13.0 Å². The minimum absolute atomic E-state index is 0.106. The van der Waals surface area contributed by atoms with Crippen molar-refractivity contribution >= 4 is 38.0 Å². The van der Waals surface area contributed by atoms with Crippen molar-refractivity contribution < 1.29 is 13.0 Å². The first-order valence-electron chi connectivity index (χ1n) is 6.57. The minimum Gasteiger partial charge on any atom is -0.399 e. The summed E-state index contributed by atoms with van der Waals surface area (Å²) in [7, 11) is -4.27. The van der Waals surface area contributed by atoms with Gasteiger partial charge in [-0.05, 0) is 36.4 Å². The first-order valence-corrected chi connectivity index (χ1v) is 8.01. The summed E-state index contributed by atoms with van der Waals surface area (Å²) in [5.41, 5.74) is 7.90. The summed E-state index contributed by atoms with van der Waals surface area (Å²) in [6.07, 6.45) is 0. The maximum absolute atomic E-state index is 11.5. The quantitative estimate of drug-likeness (QED) is 0.509. The molecule has 0 fully saturated rings. The van der Waals surface area contributed by atoms with Crippen LogP contribution < -0.4 is 11.1 Å². The summed E-state index contributed by atoms with van der Waals surface area (Å²) >= 11 is 0. The zero-order valence-corrected chi connectivity index (χ0v) is 12.3. The third-order valence-electron chi connectivity index (χ3n) is 3.35. The van der Waals surface area contributed by atoms with Crippen molar-refractivity contribution in [2.45, 2.75) is 4.90 Å². The second-order valence-electron chi connectivity index (χ2n) is 4.88. The van der Waals surface area contributed by atoms with Gasteiger partial charge in [-0.3, -0.25) is 4.55 Å². The Kier molecular flexibility index (Phi) is 3.48. The Hall–Kier alpha value is -2.57. The fourth-order valence-electron chi connectivity index (χ4n) is 2.33. The molecule has 0 saturated heterocycles. The Balaban J connectivity index is 2.14. The monoisotopic (exact) mass is 314 g/mol. The van der Waals surface area contributed by atoms with E-state index >= 15 is 0 Å². The predicted molar refractivity (Wildman–Crippen MR) is 87.9 cm³/mol. The molecule has 112 valence electrons. The van der Waals surface area contributed by atoms with Gasteiger partial charge in [-0.15, -0.1) is 0 Å². The molecule has 3 aromatic rings. The highest BCUT2D eigenvalue weighted by Crippen LogP contribution is 2.31. The predicted octanol–water partition coefficient (Wildman–Crippen LogP) is 3.41. The van der Waals surface area contributed by atoms with E-state index in [0.717, 1.165) is 11.4 Å². The third-order valence-corrected chi connectivity index (χ3v) is 4.26. The van der Waals surface area contributed by atoms with Crippen LogP contribution in [0.3, 0.4) is 0 Å². The Morgan fingerprint density at radius 2 is 1.50 bits per heavy atom. The first-order chi connectivity index (χ1) is 10.4. The van der Waals surface area contributed by atoms with Crippen molar-refractivity contribution in [3.63, 3.8) is 0 Å². The number of nitrogens with one attached hydrogen (secondary N) is 1. The van der Waals surface area contributed by atoms with Gasteiger partial charge < -0.3 is 11.1 Å². The lowest BCUT2D eigenvalue weighted by molar-refractivity contribution is 0.484. The Bertz CT molecular complexity index is 935. The fourth-order valence-corrected chi connectivity index (χ4v) is 3.02. The van der Waals surface area contributed by atoms with E-state index in [1.54, 1.807) is 36.4 Å². The van der Waals surface area contributed by atoms with Crippen molar-refractivity contribution in [2.75, 3.05) is 11.1 Å². The van der Waals surface area contributed by atoms with Crippen LogP contribution in [0.15, 0.2) is 65.6 Å². The maximum Gasteiger partial charge on any atom is 0.295 e. The van der Waals surface area contributed by atoms with Gasteiger partial charge in [-0.25, -0.2) is 0 Å². The number of benzene rings is 3. The van der Waals surface area contributed by atoms with E-state index in [1.807, 2.05) is 18.2 Å². The molecule has 0 saturated carbocycles. The second kappa shape index (κ2) is 5.32. The molecule has 6 heteroatoms. The normalized spacial score (nSPS) is 11.5. The molecule has 0 aromatic heterocycles. The molecule has 22 heavy (non-hydrogen) atoms. The van der Waals surface area contributed by atoms with E-state index in [4.69, 9.17) is 5.73 Å². The molecule has 3 rings (SSSR count). The van der Waals surface area contributed by atoms with Crippen LogP contribution in [-0.2, 0) is 10.1 Å². The number of rotatable bonds is 3. The standard InChI is InChI=1S/C16H14N2O3S/c17-11-5-7-12(8-6-11)18-15-9-10-16(22(19,20)21)14-4-2-1-3-13(14)15/h1-10,18H,17H2,(H,19,20,21). The molecule has 4 N–H and O–H groups in total. The van der Waals surface area contributed by atoms with Gasteiger partial charge in [0, 0.05) is 27.8 Å². The molecule has 0 spiro atoms. The van der Waals surface area contributed by atoms with Crippen molar-refractivity contribution in [1.82, 2.24) is 0 Å². The number of hydrogen-bond acceptors (Lipinski definition) is 4. The van der Waals surface area contributed by atoms with Crippen LogP contribution in [0.5, 0.6) is 0 Å². The fraction of sp³-hybridized carbons (Fsp3) is 0. The van der Waals surface area contributed by atoms with Crippen LogP contribution in [0.4, 0.5) is 17.1 Å². The first kappa shape index (κ1) is 14.4. The van der Waals surface area contributed by atoms with E-state index in [0.29, 0.717) is 16.5 Å². The molecule has 0 unspecified atom stereocenters. The molecule has 3 aromatic carbocycles. The van der Waals surface area contributed by atoms with Crippen LogP contribution in [0.1, 0.15) is 0 Å². The van der Waals surface area contributed by atoms with Gasteiger partial charge in [0.2, 0.25) is 0 Å². The Morgan fingerprint density at radius 3 is 2.14 bits per heavy atom. The largest absolute Gasteiger partial charge is 0.399 e. The highest BCUT2D eigenvalue weighted by Gasteiger charge is 2.15. The van der Waals surface area contributed by atoms with E-state index in [1.165, 1.54) is 6.07 Å². The molecule has 0 radical (unpaired) electrons. The summed E-state index contributed by atoms with van der Waals surface area (Å²) < 4.78 is 32.3. The lowest BCUT2D eigenvalue weighted by atomic mass is 10.1. The van der Waals surface area contributed by atoms with Crippen LogP contribution in [0, 0.1) is 0 Å². The molecule has 0 atom stereocenters. The molecule has 0 bridgehead atoms. The van der Waals surface area contributed by atoms with E-state index < -0.39 is 10.1 Å². The molecule has 0 amide bonds. The molecule has 0 aliphatic rings. The Morgan fingerprint density at radius 1 is 0.864 bits per heavy atom. The van der Waals surface area contributed by atoms with E-state index in [9.17, 15) is 13.0 Å². The Labute approximate surface area is 128 Å². The molecule has 5 nitrogen and oxygen atoms in total. The number of nitrogen functional groups attached to an aromatic ring is 1. The van der Waals surface area contributed by atoms with Crippen molar-refractivity contribution in [3.05, 3.63) is 60.7 Å². The highest BCUT2D eigenvalue weighted by molar-refractivity contribution is 7.86. The summed E-state index contributed by atoms with van der Waals surface area (Å²) in [6.45, 7) is 0. The smallest absolute Gasteiger partial charge is 0.295 e. The second-order valence-corrected chi connectivity index (χ2v) is 6.27. The summed E-state index contributed by atoms with van der Waals surface area (Å²) in [5, 5.41) is 4.39. The van der Waals surface area contributed by atoms with E-state index in [-0.39, 0.29) is 4.90 Å². The molecular weight excluding hydrogens is 300 g/mol. The summed E-state index contributed by atoms with van der Waals surface area (Å²) in [5.74, 6) is 0. The summed E-state index contributed by atoms with van der Waals surface area (Å²) in [4.78, 5) is -0.106. The molecule has 0 heterocycles. The molecule has 0 aliphatic carbocycles. The van der Waals surface area contributed by atoms with Gasteiger partial charge in [-0.2, -0.15) is 8.42 Å². The van der Waals surface area contributed by atoms with Gasteiger partial charge in [0.25, 0.3) is 10.1 Å². The van der Waals surface area contributed by atoms with Crippen LogP contribution in [0.25, 0.3) is 10.8 Å². The third kappa shape index (κ3) is 2.74. The zero-order chi connectivity index (χ0) is 15.7. The topological polar surface area (TPSA) is 92.4 Å². The zero-order valence-electron chi connectivity index (χ0n) is 11.5. The van der Waals surface area contributed by atoms with Gasteiger partial charge in [-0.1, -0.05) is 24.3 Å². The lowest BCUT2D eigenvalue weighted by Crippen LogP contribution is -2.00. The molecular formula is C16H14N2O3S. The van der Waals surface area contributed by atoms with Crippen LogP contribution >= 0.6 is 0 Å². The van der Waals surface area contributed by atoms with Gasteiger partial charge in [0.15, 0.2) is 0 Å². The van der Waals surface area contributed by atoms with Crippen molar-refractivity contribution in [2.24, 2.45) is 0 Å². The van der Waals surface area contributed by atoms with Gasteiger partial charge in [0.05, 0.1) is 0 Å². The summed E-state index contributed by atoms with van der Waals surface area (Å²) in [6, 6.07) is 17.2.